The second-order valence-corrected chi connectivity index (χ2v) is 27.4. The van der Waals surface area contributed by atoms with E-state index in [1.54, 1.807) is 47.6 Å². The summed E-state index contributed by atoms with van der Waals surface area (Å²) in [4.78, 5) is 29.6. The molecule has 0 aliphatic carbocycles. The molecule has 3 heterocycles. The van der Waals surface area contributed by atoms with Gasteiger partial charge in [0.05, 0.1) is 83.5 Å². The van der Waals surface area contributed by atoms with E-state index in [4.69, 9.17) is 71.1 Å². The first kappa shape index (κ1) is 75.3. The van der Waals surface area contributed by atoms with Crippen molar-refractivity contribution in [2.45, 2.75) is 193 Å². The molecule has 7 aromatic carbocycles. The van der Waals surface area contributed by atoms with Gasteiger partial charge in [0.2, 0.25) is 0 Å². The zero-order valence-electron chi connectivity index (χ0n) is 58.2. The van der Waals surface area contributed by atoms with E-state index in [0.717, 1.165) is 38.9 Å². The van der Waals surface area contributed by atoms with Crippen LogP contribution in [-0.4, -0.2) is 136 Å². The van der Waals surface area contributed by atoms with Crippen molar-refractivity contribution in [1.82, 2.24) is 0 Å². The molecule has 18 nitrogen and oxygen atoms in total. The second kappa shape index (κ2) is 38.1. The predicted molar refractivity (Wildman–Crippen MR) is 374 cm³/mol. The summed E-state index contributed by atoms with van der Waals surface area (Å²) in [7, 11) is 0. The lowest BCUT2D eigenvalue weighted by Gasteiger charge is -2.51. The topological polar surface area (TPSA) is 193 Å². The third-order valence-electron chi connectivity index (χ3n) is 17.2. The minimum Gasteiger partial charge on any atom is -0.454 e. The molecule has 0 unspecified atom stereocenters. The highest BCUT2D eigenvalue weighted by Crippen LogP contribution is 2.40. The van der Waals surface area contributed by atoms with Crippen molar-refractivity contribution < 1.29 is 85.7 Å². The standard InChI is InChI=1S/C82H98O18/c1-8-9-31-46-89-76-74(99-79(84)81(2,3)4)72(92-52-62-42-27-15-28-43-62)69(65(94-76)55-87-48-58-34-19-11-20-35-58)98-78-75(100-80(85)82(5,6)7)73(93-53-63-44-29-16-30-45-63)70(66(96-78)56-88-49-59-36-21-12-22-37-59)97-77-71(91-51-61-40-25-14-26-41-61)67(83)68(90-50-60-38-23-13-24-39-60)64(95-77)54-86-47-57-32-17-10-18-33-57/h8,10-30,32-45,64-78,83H,1,9,31,46-56H2,2-7H3/t64-,65-,66-,67+,68+,69-,70+,71-,72+,73+,74-,75-,76-,77-,78+/m1/s1. The molecule has 0 radical (unpaired) electrons. The molecule has 15 atom stereocenters. The molecule has 7 aromatic rings. The smallest absolute Gasteiger partial charge is 0.311 e. The zero-order chi connectivity index (χ0) is 70.1. The van der Waals surface area contributed by atoms with Gasteiger partial charge in [0.15, 0.2) is 31.1 Å². The van der Waals surface area contributed by atoms with E-state index >= 15 is 4.79 Å². The van der Waals surface area contributed by atoms with Gasteiger partial charge in [-0.25, -0.2) is 0 Å². The van der Waals surface area contributed by atoms with Crippen LogP contribution in [0.1, 0.15) is 93.3 Å². The van der Waals surface area contributed by atoms with Crippen molar-refractivity contribution in [3.05, 3.63) is 264 Å². The van der Waals surface area contributed by atoms with Gasteiger partial charge in [-0.2, -0.15) is 0 Å². The van der Waals surface area contributed by atoms with Crippen molar-refractivity contribution >= 4 is 11.9 Å². The lowest BCUT2D eigenvalue weighted by molar-refractivity contribution is -0.389. The summed E-state index contributed by atoms with van der Waals surface area (Å²) in [6.07, 6.45) is -15.9. The largest absolute Gasteiger partial charge is 0.454 e. The van der Waals surface area contributed by atoms with Crippen molar-refractivity contribution in [3.63, 3.8) is 0 Å². The minimum absolute atomic E-state index is 0.0234. The highest BCUT2D eigenvalue weighted by atomic mass is 16.8. The van der Waals surface area contributed by atoms with Crippen LogP contribution in [0.3, 0.4) is 0 Å². The molecule has 0 saturated carbocycles. The molecule has 3 saturated heterocycles. The molecule has 3 fully saturated rings. The summed E-state index contributed by atoms with van der Waals surface area (Å²) in [6, 6.07) is 67.6. The van der Waals surface area contributed by atoms with Crippen molar-refractivity contribution in [2.75, 3.05) is 26.4 Å². The van der Waals surface area contributed by atoms with Crippen molar-refractivity contribution in [1.29, 1.82) is 0 Å². The van der Waals surface area contributed by atoms with Gasteiger partial charge >= 0.3 is 11.9 Å². The van der Waals surface area contributed by atoms with Crippen LogP contribution in [0.25, 0.3) is 0 Å². The van der Waals surface area contributed by atoms with Gasteiger partial charge in [-0.1, -0.05) is 218 Å². The third-order valence-corrected chi connectivity index (χ3v) is 17.2. The van der Waals surface area contributed by atoms with Crippen molar-refractivity contribution in [2.24, 2.45) is 10.8 Å². The normalized spacial score (nSPS) is 25.6. The van der Waals surface area contributed by atoms with Gasteiger partial charge in [0.1, 0.15) is 61.0 Å². The number of ether oxygens (including phenoxy) is 15. The molecule has 0 spiro atoms. The Morgan fingerprint density at radius 3 is 0.980 bits per heavy atom. The maximum atomic E-state index is 15.1. The van der Waals surface area contributed by atoms with Crippen LogP contribution in [-0.2, 0) is 127 Å². The number of unbranched alkanes of at least 4 members (excludes halogenated alkanes) is 1. The quantitative estimate of drug-likeness (QED) is 0.0224. The second-order valence-electron chi connectivity index (χ2n) is 27.4. The van der Waals surface area contributed by atoms with Gasteiger partial charge < -0.3 is 76.2 Å². The Bertz CT molecular complexity index is 3470. The molecule has 10 rings (SSSR count). The Morgan fingerprint density at radius 1 is 0.370 bits per heavy atom. The maximum absolute atomic E-state index is 15.1. The fourth-order valence-electron chi connectivity index (χ4n) is 11.8. The lowest BCUT2D eigenvalue weighted by atomic mass is 9.93. The van der Waals surface area contributed by atoms with Gasteiger partial charge in [-0.05, 0) is 93.3 Å². The van der Waals surface area contributed by atoms with E-state index in [0.29, 0.717) is 12.8 Å². The first-order valence-electron chi connectivity index (χ1n) is 34.6. The first-order chi connectivity index (χ1) is 48.6. The number of hydrogen-bond donors (Lipinski definition) is 1. The minimum atomic E-state index is -1.58. The van der Waals surface area contributed by atoms with Gasteiger partial charge in [0.25, 0.3) is 0 Å². The van der Waals surface area contributed by atoms with E-state index in [2.05, 4.69) is 6.58 Å². The lowest BCUT2D eigenvalue weighted by Crippen LogP contribution is -2.68. The molecule has 3 aliphatic rings. The Hall–Kier alpha value is -7.34. The average Bonchev–Trinajstić information content (AvgIpc) is 0.763. The molecule has 1 N–H and O–H groups in total. The van der Waals surface area contributed by atoms with Crippen LogP contribution in [0.5, 0.6) is 0 Å². The molecule has 3 aliphatic heterocycles. The van der Waals surface area contributed by atoms with E-state index in [1.165, 1.54) is 0 Å². The summed E-state index contributed by atoms with van der Waals surface area (Å²) >= 11 is 0. The molecule has 0 bridgehead atoms. The summed E-state index contributed by atoms with van der Waals surface area (Å²) in [5.41, 5.74) is 3.87. The van der Waals surface area contributed by atoms with Crippen LogP contribution < -0.4 is 0 Å². The molecule has 18 heteroatoms. The number of aliphatic hydroxyl groups is 1. The average molecular weight is 1370 g/mol. The van der Waals surface area contributed by atoms with Crippen molar-refractivity contribution in [3.8, 4) is 0 Å². The number of benzene rings is 7. The number of aliphatic hydroxyl groups excluding tert-OH is 1. The first-order valence-corrected chi connectivity index (χ1v) is 34.6. The summed E-state index contributed by atoms with van der Waals surface area (Å²) in [5.74, 6) is -1.19. The highest BCUT2D eigenvalue weighted by Gasteiger charge is 2.58. The molecular weight excluding hydrogens is 1270 g/mol. The Labute approximate surface area is 588 Å². The molecule has 534 valence electrons. The molecule has 100 heavy (non-hydrogen) atoms. The molecule has 0 amide bonds. The number of hydrogen-bond acceptors (Lipinski definition) is 18. The zero-order valence-corrected chi connectivity index (χ0v) is 58.2. The van der Waals surface area contributed by atoms with E-state index in [-0.39, 0.29) is 72.7 Å². The van der Waals surface area contributed by atoms with E-state index < -0.39 is 115 Å². The maximum Gasteiger partial charge on any atom is 0.311 e. The summed E-state index contributed by atoms with van der Waals surface area (Å²) in [6.45, 7) is 15.0. The molecule has 0 aromatic heterocycles. The number of esters is 2. The highest BCUT2D eigenvalue weighted by molar-refractivity contribution is 5.76. The third kappa shape index (κ3) is 22.3. The van der Waals surface area contributed by atoms with E-state index in [1.807, 2.05) is 212 Å². The number of carbonyl (C=O) groups is 2. The summed E-state index contributed by atoms with van der Waals surface area (Å²) < 4.78 is 104. The van der Waals surface area contributed by atoms with Gasteiger partial charge in [0, 0.05) is 0 Å². The number of carbonyl (C=O) groups excluding carboxylic acids is 2. The van der Waals surface area contributed by atoms with Gasteiger partial charge in [-0.3, -0.25) is 9.59 Å². The number of rotatable bonds is 35. The number of allylic oxidation sites excluding steroid dienone is 1. The predicted octanol–water partition coefficient (Wildman–Crippen LogP) is 13.2. The fourth-order valence-corrected chi connectivity index (χ4v) is 11.8. The van der Waals surface area contributed by atoms with Crippen LogP contribution >= 0.6 is 0 Å². The Balaban J connectivity index is 1.10. The Kier molecular flexibility index (Phi) is 28.7. The SMILES string of the molecule is C=CCCCO[C@@H]1O[C@H](COCc2ccccc2)[C@@H](O[C@@H]2O[C@H](COCc3ccccc3)[C@H](O[C@H]3O[C@H](COCc4ccccc4)[C@H](OCc4ccccc4)[C@H](O)[C@H]3OCc3ccccc3)[C@H](OCc3ccccc3)[C@H]2OC(=O)C(C)(C)C)[C@H](OCc2ccccc2)[C@H]1OC(=O)C(C)(C)C. The van der Waals surface area contributed by atoms with Crippen LogP contribution in [0.2, 0.25) is 0 Å². The fraction of sp³-hybridized carbons (Fsp3) is 0.439. The van der Waals surface area contributed by atoms with Gasteiger partial charge in [-0.15, -0.1) is 6.58 Å². The molecular formula is C82H98O18. The van der Waals surface area contributed by atoms with E-state index in [9.17, 15) is 9.90 Å². The van der Waals surface area contributed by atoms with Crippen LogP contribution in [0, 0.1) is 10.8 Å². The van der Waals surface area contributed by atoms with Crippen LogP contribution in [0.15, 0.2) is 225 Å². The Morgan fingerprint density at radius 2 is 0.650 bits per heavy atom. The monoisotopic (exact) mass is 1370 g/mol. The van der Waals surface area contributed by atoms with Crippen LogP contribution in [0.4, 0.5) is 0 Å². The summed E-state index contributed by atoms with van der Waals surface area (Å²) in [5, 5.41) is 13.1.